The number of carbonyl (C=O) groups excluding carboxylic acids is 2. The van der Waals surface area contributed by atoms with Crippen LogP contribution in [-0.2, 0) is 11.3 Å². The number of aliphatic hydroxyl groups excluding tert-OH is 1. The van der Waals surface area contributed by atoms with Gasteiger partial charge in [-0.1, -0.05) is 19.1 Å². The Labute approximate surface area is 283 Å². The highest BCUT2D eigenvalue weighted by molar-refractivity contribution is 6.02. The van der Waals surface area contributed by atoms with Gasteiger partial charge in [0, 0.05) is 43.5 Å². The minimum Gasteiger partial charge on any atom is -0.497 e. The van der Waals surface area contributed by atoms with Gasteiger partial charge in [-0.3, -0.25) is 9.69 Å². The molecule has 1 heterocycles. The van der Waals surface area contributed by atoms with Gasteiger partial charge in [0.05, 0.1) is 37.5 Å². The molecule has 11 heteroatoms. The summed E-state index contributed by atoms with van der Waals surface area (Å²) in [6, 6.07) is 17.3. The fraction of sp³-hybridized carbons (Fsp3) is 0.459. The van der Waals surface area contributed by atoms with Gasteiger partial charge in [-0.15, -0.1) is 0 Å². The number of rotatable bonds is 9. The summed E-state index contributed by atoms with van der Waals surface area (Å²) in [6.07, 6.45) is 2.19. The number of carbonyl (C=O) groups is 2. The molecule has 0 aliphatic carbocycles. The van der Waals surface area contributed by atoms with Gasteiger partial charge >= 0.3 is 6.03 Å². The van der Waals surface area contributed by atoms with E-state index in [0.29, 0.717) is 36.8 Å². The first-order valence-corrected chi connectivity index (χ1v) is 16.6. The Balaban J connectivity index is 1.57. The van der Waals surface area contributed by atoms with Crippen molar-refractivity contribution in [2.45, 2.75) is 64.8 Å². The number of urea groups is 1. The van der Waals surface area contributed by atoms with Crippen molar-refractivity contribution < 1.29 is 33.3 Å². The van der Waals surface area contributed by atoms with E-state index in [2.05, 4.69) is 29.5 Å². The Morgan fingerprint density at radius 2 is 1.75 bits per heavy atom. The average Bonchev–Trinajstić information content (AvgIpc) is 3.07. The van der Waals surface area contributed by atoms with Crippen molar-refractivity contribution in [3.8, 4) is 11.5 Å². The van der Waals surface area contributed by atoms with Gasteiger partial charge in [0.15, 0.2) is 0 Å². The third-order valence-electron chi connectivity index (χ3n) is 8.51. The van der Waals surface area contributed by atoms with Crippen molar-refractivity contribution in [1.82, 2.24) is 9.80 Å². The third kappa shape index (κ3) is 10.7. The SMILES string of the molecule is COc1ccc(CN(C)C[C@@H]2OCCCC[C@H](C)Oc3ccc(NC(=O)Nc4ccc(F)cc4)cc3C(=O)N([C@@H](C)CO)C[C@@H]2C)cc1. The topological polar surface area (TPSA) is 113 Å². The molecule has 4 atom stereocenters. The van der Waals surface area contributed by atoms with Crippen LogP contribution < -0.4 is 20.1 Å². The molecular weight excluding hydrogens is 615 g/mol. The zero-order chi connectivity index (χ0) is 34.6. The fourth-order valence-corrected chi connectivity index (χ4v) is 5.70. The van der Waals surface area contributed by atoms with Gasteiger partial charge in [0.25, 0.3) is 5.91 Å². The van der Waals surface area contributed by atoms with E-state index >= 15 is 0 Å². The summed E-state index contributed by atoms with van der Waals surface area (Å²) in [5, 5.41) is 15.7. The predicted molar refractivity (Wildman–Crippen MR) is 185 cm³/mol. The van der Waals surface area contributed by atoms with Gasteiger partial charge in [-0.25, -0.2) is 9.18 Å². The zero-order valence-electron chi connectivity index (χ0n) is 28.6. The maximum absolute atomic E-state index is 14.4. The number of aliphatic hydroxyl groups is 1. The standard InChI is InChI=1S/C37H49FN4O6/c1-25-21-42(26(2)24-43)36(44)33-20-31(40-37(45)39-30-13-11-29(38)12-14-30)15-18-34(33)48-27(3)8-6-7-19-47-35(25)23-41(4)22-28-9-16-32(46-5)17-10-28/h9-18,20,25-27,35,43H,6-8,19,21-24H2,1-5H3,(H2,39,40,45)/t25-,26-,27-,35-/m0/s1. The lowest BCUT2D eigenvalue weighted by molar-refractivity contribution is -0.0177. The number of hydrogen-bond acceptors (Lipinski definition) is 7. The molecule has 0 spiro atoms. The van der Waals surface area contributed by atoms with Crippen LogP contribution in [0.15, 0.2) is 66.7 Å². The van der Waals surface area contributed by atoms with Gasteiger partial charge in [0.1, 0.15) is 17.3 Å². The van der Waals surface area contributed by atoms with E-state index in [0.717, 1.165) is 37.1 Å². The van der Waals surface area contributed by atoms with E-state index in [1.165, 1.54) is 24.3 Å². The molecule has 0 aromatic heterocycles. The van der Waals surface area contributed by atoms with Gasteiger partial charge in [0.2, 0.25) is 0 Å². The van der Waals surface area contributed by atoms with Crippen molar-refractivity contribution in [3.63, 3.8) is 0 Å². The first-order chi connectivity index (χ1) is 23.1. The summed E-state index contributed by atoms with van der Waals surface area (Å²) < 4.78 is 31.4. The number of nitrogens with one attached hydrogen (secondary N) is 2. The molecule has 10 nitrogen and oxygen atoms in total. The second-order valence-corrected chi connectivity index (χ2v) is 12.6. The smallest absolute Gasteiger partial charge is 0.323 e. The Kier molecular flexibility index (Phi) is 13.6. The van der Waals surface area contributed by atoms with Crippen LogP contribution in [-0.4, -0.2) is 85.6 Å². The van der Waals surface area contributed by atoms with Crippen molar-refractivity contribution in [1.29, 1.82) is 0 Å². The van der Waals surface area contributed by atoms with Crippen molar-refractivity contribution in [2.75, 3.05) is 51.1 Å². The summed E-state index contributed by atoms with van der Waals surface area (Å²) in [6.45, 7) is 7.91. The number of ether oxygens (including phenoxy) is 3. The Morgan fingerprint density at radius 3 is 2.44 bits per heavy atom. The van der Waals surface area contributed by atoms with E-state index in [-0.39, 0.29) is 36.2 Å². The molecule has 4 rings (SSSR count). The first-order valence-electron chi connectivity index (χ1n) is 16.6. The molecule has 1 aliphatic heterocycles. The lowest BCUT2D eigenvalue weighted by Gasteiger charge is -2.36. The second-order valence-electron chi connectivity index (χ2n) is 12.6. The van der Waals surface area contributed by atoms with Crippen LogP contribution in [0, 0.1) is 11.7 Å². The average molecular weight is 665 g/mol. The van der Waals surface area contributed by atoms with Crippen molar-refractivity contribution in [3.05, 3.63) is 83.7 Å². The molecule has 0 unspecified atom stereocenters. The van der Waals surface area contributed by atoms with Crippen molar-refractivity contribution >= 4 is 23.3 Å². The molecule has 1 aliphatic rings. The quantitative estimate of drug-likeness (QED) is 0.243. The number of fused-ring (bicyclic) bond motifs is 1. The molecule has 0 saturated carbocycles. The molecule has 0 bridgehead atoms. The summed E-state index contributed by atoms with van der Waals surface area (Å²) >= 11 is 0. The minimum atomic E-state index is -0.544. The van der Waals surface area contributed by atoms with Gasteiger partial charge < -0.3 is 34.9 Å². The summed E-state index contributed by atoms with van der Waals surface area (Å²) in [5.74, 6) is 0.411. The Bertz CT molecular complexity index is 1470. The van der Waals surface area contributed by atoms with Crippen LogP contribution in [0.1, 0.15) is 56.0 Å². The van der Waals surface area contributed by atoms with Crippen molar-refractivity contribution in [2.24, 2.45) is 5.92 Å². The lowest BCUT2D eigenvalue weighted by Crippen LogP contribution is -2.47. The van der Waals surface area contributed by atoms with Crippen LogP contribution >= 0.6 is 0 Å². The van der Waals surface area contributed by atoms with E-state index in [4.69, 9.17) is 14.2 Å². The molecule has 0 saturated heterocycles. The molecule has 3 aromatic carbocycles. The molecular formula is C37H49FN4O6. The molecule has 3 amide bonds. The van der Waals surface area contributed by atoms with E-state index in [1.807, 2.05) is 31.2 Å². The molecule has 0 fully saturated rings. The Hall–Kier alpha value is -4.19. The van der Waals surface area contributed by atoms with E-state index < -0.39 is 17.9 Å². The molecule has 48 heavy (non-hydrogen) atoms. The Morgan fingerprint density at radius 1 is 1.06 bits per heavy atom. The monoisotopic (exact) mass is 664 g/mol. The number of hydrogen-bond donors (Lipinski definition) is 3. The number of nitrogens with zero attached hydrogens (tertiary/aromatic N) is 2. The third-order valence-corrected chi connectivity index (χ3v) is 8.51. The number of amides is 3. The zero-order valence-corrected chi connectivity index (χ0v) is 28.6. The number of benzene rings is 3. The normalized spacial score (nSPS) is 19.9. The number of halogens is 1. The highest BCUT2D eigenvalue weighted by atomic mass is 19.1. The number of likely N-dealkylation sites (N-methyl/N-ethyl adjacent to an activating group) is 1. The predicted octanol–water partition coefficient (Wildman–Crippen LogP) is 6.41. The highest BCUT2D eigenvalue weighted by Crippen LogP contribution is 2.29. The largest absolute Gasteiger partial charge is 0.497 e. The first kappa shape index (κ1) is 36.6. The number of methoxy groups -OCH3 is 1. The van der Waals surface area contributed by atoms with Gasteiger partial charge in [-0.2, -0.15) is 0 Å². The summed E-state index contributed by atoms with van der Waals surface area (Å²) in [4.78, 5) is 31.0. The van der Waals surface area contributed by atoms with Crippen LogP contribution in [0.5, 0.6) is 11.5 Å². The van der Waals surface area contributed by atoms with E-state index in [1.54, 1.807) is 37.1 Å². The maximum Gasteiger partial charge on any atom is 0.323 e. The summed E-state index contributed by atoms with van der Waals surface area (Å²) in [5.41, 5.74) is 2.23. The van der Waals surface area contributed by atoms with Crippen LogP contribution in [0.4, 0.5) is 20.6 Å². The number of anilines is 2. The lowest BCUT2D eigenvalue weighted by atomic mass is 10.0. The molecule has 3 N–H and O–H groups in total. The van der Waals surface area contributed by atoms with Crippen LogP contribution in [0.2, 0.25) is 0 Å². The van der Waals surface area contributed by atoms with Gasteiger partial charge in [-0.05, 0) is 100 Å². The van der Waals surface area contributed by atoms with E-state index in [9.17, 15) is 19.1 Å². The molecule has 3 aromatic rings. The highest BCUT2D eigenvalue weighted by Gasteiger charge is 2.30. The van der Waals surface area contributed by atoms with Crippen LogP contribution in [0.3, 0.4) is 0 Å². The molecule has 260 valence electrons. The fourth-order valence-electron chi connectivity index (χ4n) is 5.70. The second kappa shape index (κ2) is 17.8. The minimum absolute atomic E-state index is 0.0738. The molecule has 0 radical (unpaired) electrons. The summed E-state index contributed by atoms with van der Waals surface area (Å²) in [7, 11) is 3.71. The van der Waals surface area contributed by atoms with Crippen LogP contribution in [0.25, 0.3) is 0 Å². The maximum atomic E-state index is 14.4.